The molecule has 1 unspecified atom stereocenters. The van der Waals surface area contributed by atoms with Gasteiger partial charge in [0.2, 0.25) is 0 Å². The number of carbonyl (C=O) groups excluding carboxylic acids is 1. The third-order valence-electron chi connectivity index (χ3n) is 9.00. The minimum Gasteiger partial charge on any atom is -0.462 e. The summed E-state index contributed by atoms with van der Waals surface area (Å²) in [4.78, 5) is 30.8. The van der Waals surface area contributed by atoms with Crippen LogP contribution in [0.4, 0.5) is 15.9 Å². The molecule has 9 nitrogen and oxygen atoms in total. The number of alkyl halides is 1. The molecule has 2 fully saturated rings. The number of carbonyl (C=O) groups is 1. The molecule has 1 aromatic heterocycles. The Morgan fingerprint density at radius 2 is 1.95 bits per heavy atom. The van der Waals surface area contributed by atoms with Crippen LogP contribution in [0, 0.1) is 11.3 Å². The number of nitriles is 1. The average molecular weight is 651 g/mol. The predicted octanol–water partition coefficient (Wildman–Crippen LogP) is 4.72. The number of likely N-dealkylation sites (tertiary alicyclic amines) is 1. The molecule has 4 heterocycles. The van der Waals surface area contributed by atoms with Gasteiger partial charge in [0.25, 0.3) is 5.91 Å². The molecule has 0 radical (unpaired) electrons. The number of rotatable bonds is 7. The number of aromatic nitrogens is 2. The number of halogens is 2. The van der Waals surface area contributed by atoms with Crippen LogP contribution < -0.4 is 14.5 Å². The second kappa shape index (κ2) is 12.6. The fourth-order valence-electron chi connectivity index (χ4n) is 6.67. The highest BCUT2D eigenvalue weighted by molar-refractivity contribution is 9.10. The van der Waals surface area contributed by atoms with Gasteiger partial charge in [-0.3, -0.25) is 4.79 Å². The van der Waals surface area contributed by atoms with Crippen molar-refractivity contribution in [3.05, 3.63) is 52.1 Å². The summed E-state index contributed by atoms with van der Waals surface area (Å²) in [5, 5.41) is 11.9. The van der Waals surface area contributed by atoms with Crippen LogP contribution in [-0.4, -0.2) is 90.3 Å². The van der Waals surface area contributed by atoms with Crippen LogP contribution in [0.2, 0.25) is 0 Å². The largest absolute Gasteiger partial charge is 0.462 e. The van der Waals surface area contributed by atoms with E-state index in [9.17, 15) is 14.4 Å². The summed E-state index contributed by atoms with van der Waals surface area (Å²) in [6.45, 7) is 5.45. The van der Waals surface area contributed by atoms with Gasteiger partial charge in [-0.05, 0) is 57.3 Å². The van der Waals surface area contributed by atoms with Crippen molar-refractivity contribution >= 4 is 44.1 Å². The summed E-state index contributed by atoms with van der Waals surface area (Å²) < 4.78 is 21.3. The van der Waals surface area contributed by atoms with Crippen LogP contribution in [0.5, 0.6) is 6.01 Å². The Morgan fingerprint density at radius 3 is 2.70 bits per heavy atom. The van der Waals surface area contributed by atoms with Crippen molar-refractivity contribution < 1.29 is 13.9 Å². The summed E-state index contributed by atoms with van der Waals surface area (Å²) in [7, 11) is 2.12. The van der Waals surface area contributed by atoms with Crippen LogP contribution in [0.3, 0.4) is 0 Å². The molecular weight excluding hydrogens is 613 g/mol. The smallest absolute Gasteiger partial charge is 0.318 e. The zero-order chi connectivity index (χ0) is 30.1. The van der Waals surface area contributed by atoms with Gasteiger partial charge in [-0.1, -0.05) is 40.2 Å². The lowest BCUT2D eigenvalue weighted by atomic mass is 10.0. The second-order valence-electron chi connectivity index (χ2n) is 11.7. The van der Waals surface area contributed by atoms with E-state index >= 15 is 0 Å². The summed E-state index contributed by atoms with van der Waals surface area (Å²) in [5.41, 5.74) is 3.13. The highest BCUT2D eigenvalue weighted by Gasteiger charge is 2.35. The maximum absolute atomic E-state index is 14.0. The minimum atomic E-state index is -1.60. The van der Waals surface area contributed by atoms with Crippen LogP contribution >= 0.6 is 15.9 Å². The van der Waals surface area contributed by atoms with Crippen molar-refractivity contribution in [3.63, 3.8) is 0 Å². The Kier molecular flexibility index (Phi) is 8.68. The van der Waals surface area contributed by atoms with E-state index in [0.717, 1.165) is 59.6 Å². The zero-order valence-electron chi connectivity index (χ0n) is 24.7. The van der Waals surface area contributed by atoms with Gasteiger partial charge in [-0.25, -0.2) is 4.39 Å². The number of ether oxygens (including phenoxy) is 1. The first-order chi connectivity index (χ1) is 20.8. The van der Waals surface area contributed by atoms with Gasteiger partial charge in [0, 0.05) is 53.3 Å². The monoisotopic (exact) mass is 649 g/mol. The fourth-order valence-corrected chi connectivity index (χ4v) is 7.25. The quantitative estimate of drug-likeness (QED) is 0.363. The Hall–Kier alpha value is -3.49. The van der Waals surface area contributed by atoms with Crippen molar-refractivity contribution in [1.29, 1.82) is 5.26 Å². The number of hydrogen-bond donors (Lipinski definition) is 0. The predicted molar refractivity (Wildman–Crippen MR) is 168 cm³/mol. The van der Waals surface area contributed by atoms with Gasteiger partial charge in [-0.15, -0.1) is 0 Å². The van der Waals surface area contributed by atoms with E-state index in [-0.39, 0.29) is 6.42 Å². The molecule has 0 spiro atoms. The van der Waals surface area contributed by atoms with E-state index in [0.29, 0.717) is 44.8 Å². The van der Waals surface area contributed by atoms with Gasteiger partial charge in [0.1, 0.15) is 12.4 Å². The lowest BCUT2D eigenvalue weighted by Crippen LogP contribution is -2.57. The fraction of sp³-hybridized carbons (Fsp3) is 0.500. The van der Waals surface area contributed by atoms with Gasteiger partial charge in [0.05, 0.1) is 30.8 Å². The molecule has 0 bridgehead atoms. The van der Waals surface area contributed by atoms with Crippen molar-refractivity contribution in [2.24, 2.45) is 0 Å². The highest BCUT2D eigenvalue weighted by atomic mass is 79.9. The Labute approximate surface area is 260 Å². The molecule has 3 aliphatic rings. The van der Waals surface area contributed by atoms with Crippen molar-refractivity contribution in [2.45, 2.75) is 57.4 Å². The first-order valence-corrected chi connectivity index (χ1v) is 15.8. The van der Waals surface area contributed by atoms with E-state index in [2.05, 4.69) is 74.1 Å². The maximum Gasteiger partial charge on any atom is 0.318 e. The average Bonchev–Trinajstić information content (AvgIpc) is 3.43. The molecule has 0 N–H and O–H groups in total. The molecule has 0 saturated carbocycles. The van der Waals surface area contributed by atoms with Gasteiger partial charge < -0.3 is 24.3 Å². The van der Waals surface area contributed by atoms with E-state index in [1.54, 1.807) is 0 Å². The molecule has 1 amide bonds. The standard InChI is InChI=1S/C32H37BrFN7O2/c1-21(34)31(42)41-17-16-40(18-23(41)11-13-35)30-25-12-15-39(28-10-4-7-22-6-3-9-26(33)29(22)28)19-27(25)36-32(37-30)43-20-24-8-5-14-38(24)2/h3-4,6-7,9-10,21,23-24H,5,8,11-12,14-20H2,1-2H3/t21?,23-,24-/m0/s1. The number of benzene rings is 2. The molecule has 3 aromatic rings. The van der Waals surface area contributed by atoms with Gasteiger partial charge in [0.15, 0.2) is 6.17 Å². The van der Waals surface area contributed by atoms with Crippen molar-refractivity contribution in [1.82, 2.24) is 19.8 Å². The van der Waals surface area contributed by atoms with Crippen molar-refractivity contribution in [2.75, 3.05) is 56.2 Å². The highest BCUT2D eigenvalue weighted by Crippen LogP contribution is 2.37. The molecule has 3 atom stereocenters. The van der Waals surface area contributed by atoms with Crippen LogP contribution in [-0.2, 0) is 17.8 Å². The Bertz CT molecular complexity index is 1540. The molecule has 6 rings (SSSR count). The first kappa shape index (κ1) is 29.6. The number of fused-ring (bicyclic) bond motifs is 2. The molecule has 226 valence electrons. The Morgan fingerprint density at radius 1 is 1.14 bits per heavy atom. The SMILES string of the molecule is CC(F)C(=O)N1CCN(c2nc(OC[C@@H]3CCCN3C)nc3c2CCN(c2cccc4cccc(Br)c24)C3)C[C@@H]1CC#N. The lowest BCUT2D eigenvalue weighted by molar-refractivity contribution is -0.138. The number of piperazine rings is 1. The molecule has 0 aliphatic carbocycles. The zero-order valence-corrected chi connectivity index (χ0v) is 26.3. The molecule has 2 saturated heterocycles. The van der Waals surface area contributed by atoms with Crippen LogP contribution in [0.25, 0.3) is 10.8 Å². The van der Waals surface area contributed by atoms with E-state index in [1.165, 1.54) is 22.6 Å². The maximum atomic E-state index is 14.0. The Balaban J connectivity index is 1.33. The number of likely N-dealkylation sites (N-methyl/N-ethyl adjacent to an activating group) is 1. The first-order valence-electron chi connectivity index (χ1n) is 15.1. The molecule has 11 heteroatoms. The third kappa shape index (κ3) is 6.00. The van der Waals surface area contributed by atoms with E-state index in [4.69, 9.17) is 14.7 Å². The minimum absolute atomic E-state index is 0.128. The normalized spacial score (nSPS) is 21.5. The van der Waals surface area contributed by atoms with E-state index < -0.39 is 18.1 Å². The summed E-state index contributed by atoms with van der Waals surface area (Å²) in [5.74, 6) is 0.230. The topological polar surface area (TPSA) is 88.8 Å². The van der Waals surface area contributed by atoms with Crippen molar-refractivity contribution in [3.8, 4) is 12.1 Å². The molecule has 43 heavy (non-hydrogen) atoms. The summed E-state index contributed by atoms with van der Waals surface area (Å²) >= 11 is 3.76. The molecule has 3 aliphatic heterocycles. The van der Waals surface area contributed by atoms with Crippen LogP contribution in [0.1, 0.15) is 37.4 Å². The lowest BCUT2D eigenvalue weighted by Gasteiger charge is -2.42. The van der Waals surface area contributed by atoms with E-state index in [1.807, 2.05) is 6.07 Å². The number of amides is 1. The summed E-state index contributed by atoms with van der Waals surface area (Å²) in [6, 6.07) is 15.1. The van der Waals surface area contributed by atoms with Gasteiger partial charge in [-0.2, -0.15) is 15.2 Å². The number of nitrogens with zero attached hydrogens (tertiary/aromatic N) is 7. The number of hydrogen-bond acceptors (Lipinski definition) is 8. The second-order valence-corrected chi connectivity index (χ2v) is 12.6. The number of anilines is 2. The molecule has 2 aromatic carbocycles. The van der Waals surface area contributed by atoms with Gasteiger partial charge >= 0.3 is 6.01 Å². The third-order valence-corrected chi connectivity index (χ3v) is 9.67. The van der Waals surface area contributed by atoms with Crippen LogP contribution in [0.15, 0.2) is 40.9 Å². The molecular formula is C32H37BrFN7O2. The summed E-state index contributed by atoms with van der Waals surface area (Å²) in [6.07, 6.45) is 1.49.